The normalized spacial score (nSPS) is 17.4. The molecule has 0 bridgehead atoms. The van der Waals surface area contributed by atoms with Gasteiger partial charge in [-0.3, -0.25) is 24.2 Å². The summed E-state index contributed by atoms with van der Waals surface area (Å²) in [5, 5.41) is 0. The van der Waals surface area contributed by atoms with Crippen LogP contribution < -0.4 is 4.74 Å². The van der Waals surface area contributed by atoms with Crippen molar-refractivity contribution in [1.29, 1.82) is 0 Å². The van der Waals surface area contributed by atoms with Gasteiger partial charge in [-0.1, -0.05) is 5.92 Å². The van der Waals surface area contributed by atoms with Gasteiger partial charge in [0, 0.05) is 43.8 Å². The Morgan fingerprint density at radius 1 is 1.08 bits per heavy atom. The summed E-state index contributed by atoms with van der Waals surface area (Å²) < 4.78 is 5.12. The van der Waals surface area contributed by atoms with E-state index in [9.17, 15) is 19.2 Å². The molecular weight excluding hydrogens is 468 g/mol. The highest BCUT2D eigenvalue weighted by molar-refractivity contribution is 6.11. The van der Waals surface area contributed by atoms with Crippen molar-refractivity contribution in [3.63, 3.8) is 0 Å². The van der Waals surface area contributed by atoms with Crippen molar-refractivity contribution in [3.05, 3.63) is 58.4 Å². The maximum Gasteiger partial charge on any atom is 0.230 e. The van der Waals surface area contributed by atoms with E-state index in [1.54, 1.807) is 17.9 Å². The average Bonchev–Trinajstić information content (AvgIpc) is 2.85. The van der Waals surface area contributed by atoms with E-state index in [-0.39, 0.29) is 35.4 Å². The third-order valence-corrected chi connectivity index (χ3v) is 7.64. The quantitative estimate of drug-likeness (QED) is 0.350. The van der Waals surface area contributed by atoms with E-state index in [4.69, 9.17) is 4.74 Å². The number of carbonyl (C=O) groups excluding carboxylic acids is 4. The van der Waals surface area contributed by atoms with Gasteiger partial charge in [0.25, 0.3) is 0 Å². The van der Waals surface area contributed by atoms with Crippen molar-refractivity contribution in [2.45, 2.75) is 58.8 Å². The van der Waals surface area contributed by atoms with Crippen LogP contribution in [0.5, 0.6) is 5.75 Å². The maximum absolute atomic E-state index is 13.4. The molecule has 4 rings (SSSR count). The monoisotopic (exact) mass is 500 g/mol. The van der Waals surface area contributed by atoms with Crippen LogP contribution in [0.3, 0.4) is 0 Å². The number of hydrogen-bond donors (Lipinski definition) is 0. The molecule has 1 aromatic heterocycles. The number of likely N-dealkylation sites (tertiary alicyclic amines) is 1. The van der Waals surface area contributed by atoms with Gasteiger partial charge in [-0.15, -0.1) is 5.92 Å². The topological polar surface area (TPSA) is 93.6 Å². The Labute approximate surface area is 217 Å². The highest BCUT2D eigenvalue weighted by Gasteiger charge is 2.47. The van der Waals surface area contributed by atoms with Crippen molar-refractivity contribution in [2.75, 3.05) is 20.2 Å². The van der Waals surface area contributed by atoms with Gasteiger partial charge >= 0.3 is 0 Å². The molecule has 0 radical (unpaired) electrons. The van der Waals surface area contributed by atoms with Gasteiger partial charge in [0.15, 0.2) is 5.78 Å². The summed E-state index contributed by atoms with van der Waals surface area (Å²) in [5.41, 5.74) is 3.29. The van der Waals surface area contributed by atoms with Crippen LogP contribution in [0, 0.1) is 31.1 Å². The summed E-state index contributed by atoms with van der Waals surface area (Å²) >= 11 is 0. The second kappa shape index (κ2) is 10.7. The first-order chi connectivity index (χ1) is 17.7. The fourth-order valence-electron chi connectivity index (χ4n) is 5.77. The Hall–Kier alpha value is -3.79. The first kappa shape index (κ1) is 26.3. The van der Waals surface area contributed by atoms with Crippen LogP contribution in [-0.4, -0.2) is 53.3 Å². The van der Waals surface area contributed by atoms with Crippen molar-refractivity contribution >= 4 is 23.3 Å². The van der Waals surface area contributed by atoms with Crippen molar-refractivity contribution < 1.29 is 23.9 Å². The molecule has 1 aliphatic heterocycles. The van der Waals surface area contributed by atoms with E-state index < -0.39 is 11.3 Å². The number of aromatic nitrogens is 1. The molecule has 1 saturated heterocycles. The third-order valence-electron chi connectivity index (χ3n) is 7.64. The molecule has 2 fully saturated rings. The summed E-state index contributed by atoms with van der Waals surface area (Å²) in [7, 11) is 1.50. The van der Waals surface area contributed by atoms with Crippen LogP contribution in [0.1, 0.15) is 77.7 Å². The van der Waals surface area contributed by atoms with E-state index >= 15 is 0 Å². The van der Waals surface area contributed by atoms with E-state index in [1.807, 2.05) is 26.0 Å². The Morgan fingerprint density at radius 3 is 2.27 bits per heavy atom. The van der Waals surface area contributed by atoms with Crippen LogP contribution in [0.25, 0.3) is 0 Å². The summed E-state index contributed by atoms with van der Waals surface area (Å²) in [5.74, 6) is 4.99. The molecule has 1 amide bonds. The number of hydrogen-bond acceptors (Lipinski definition) is 6. The van der Waals surface area contributed by atoms with Crippen LogP contribution in [0.2, 0.25) is 0 Å². The lowest BCUT2D eigenvalue weighted by Crippen LogP contribution is -2.48. The minimum absolute atomic E-state index is 0.0455. The van der Waals surface area contributed by atoms with Crippen molar-refractivity contribution in [3.8, 4) is 17.6 Å². The molecule has 2 aliphatic rings. The third kappa shape index (κ3) is 5.48. The largest absolute Gasteiger partial charge is 0.497 e. The second-order valence-corrected chi connectivity index (χ2v) is 10.2. The number of ether oxygens (including phenoxy) is 1. The number of carbonyl (C=O) groups is 4. The number of benzene rings is 1. The van der Waals surface area contributed by atoms with Gasteiger partial charge in [-0.2, -0.15) is 0 Å². The number of piperidine rings is 1. The number of Topliss-reactive ketones (excluding diaryl/α,β-unsaturated/α-hetero) is 3. The molecule has 7 heteroatoms. The smallest absolute Gasteiger partial charge is 0.230 e. The number of methoxy groups -OCH3 is 1. The molecule has 2 aromatic rings. The predicted octanol–water partition coefficient (Wildman–Crippen LogP) is 3.98. The Bertz CT molecular complexity index is 1280. The van der Waals surface area contributed by atoms with Gasteiger partial charge in [0.05, 0.1) is 13.5 Å². The molecule has 7 nitrogen and oxygen atoms in total. The number of aryl methyl sites for hydroxylation is 2. The zero-order chi connectivity index (χ0) is 26.7. The van der Waals surface area contributed by atoms with E-state index in [0.29, 0.717) is 44.5 Å². The van der Waals surface area contributed by atoms with Crippen LogP contribution in [0.4, 0.5) is 0 Å². The predicted molar refractivity (Wildman–Crippen MR) is 138 cm³/mol. The Morgan fingerprint density at radius 2 is 1.70 bits per heavy atom. The number of ketones is 3. The molecule has 1 aliphatic carbocycles. The lowest BCUT2D eigenvalue weighted by atomic mass is 9.62. The van der Waals surface area contributed by atoms with E-state index in [0.717, 1.165) is 22.3 Å². The number of nitrogens with zero attached hydrogens (tertiary/aromatic N) is 2. The van der Waals surface area contributed by atoms with Crippen molar-refractivity contribution in [1.82, 2.24) is 9.88 Å². The standard InChI is InChI=1S/C30H32N2O5/c1-5-6-21-13-19(2)28(20(3)14-21)29-25(34)17-30(18-26(29)35)8-11-32(12-9-30)27(36)16-24(33)23-15-22(37-4)7-10-31-23/h7,10,13-15,29H,8-9,11-12,16-18H2,1-4H3. The Balaban J connectivity index is 1.40. The van der Waals surface area contributed by atoms with Gasteiger partial charge in [0.1, 0.15) is 28.9 Å². The molecular formula is C30H32N2O5. The molecule has 1 spiro atoms. The molecule has 1 saturated carbocycles. The lowest BCUT2D eigenvalue weighted by Gasteiger charge is -2.44. The zero-order valence-corrected chi connectivity index (χ0v) is 21.8. The fraction of sp³-hybridized carbons (Fsp3) is 0.433. The molecule has 0 unspecified atom stereocenters. The molecule has 192 valence electrons. The van der Waals surface area contributed by atoms with Crippen LogP contribution >= 0.6 is 0 Å². The van der Waals surface area contributed by atoms with Crippen LogP contribution in [0.15, 0.2) is 30.5 Å². The van der Waals surface area contributed by atoms with E-state index in [2.05, 4.69) is 16.8 Å². The van der Waals surface area contributed by atoms with Crippen molar-refractivity contribution in [2.24, 2.45) is 5.41 Å². The molecule has 0 atom stereocenters. The summed E-state index contributed by atoms with van der Waals surface area (Å²) in [4.78, 5) is 57.8. The molecule has 37 heavy (non-hydrogen) atoms. The molecule has 1 aromatic carbocycles. The first-order valence-electron chi connectivity index (χ1n) is 12.6. The zero-order valence-electron chi connectivity index (χ0n) is 21.8. The SMILES string of the molecule is CC#Cc1cc(C)c(C2C(=O)CC3(CCN(C(=O)CC(=O)c4cc(OC)ccn4)CC3)CC2=O)c(C)c1. The maximum atomic E-state index is 13.4. The fourth-order valence-corrected chi connectivity index (χ4v) is 5.77. The van der Waals surface area contributed by atoms with Gasteiger partial charge in [-0.25, -0.2) is 0 Å². The molecule has 0 N–H and O–H groups in total. The van der Waals surface area contributed by atoms with Gasteiger partial charge in [0.2, 0.25) is 5.91 Å². The highest BCUT2D eigenvalue weighted by Crippen LogP contribution is 2.46. The summed E-state index contributed by atoms with van der Waals surface area (Å²) in [6.07, 6.45) is 2.99. The number of rotatable bonds is 5. The summed E-state index contributed by atoms with van der Waals surface area (Å²) in [6.45, 7) is 6.48. The second-order valence-electron chi connectivity index (χ2n) is 10.2. The average molecular weight is 501 g/mol. The first-order valence-corrected chi connectivity index (χ1v) is 12.6. The number of amides is 1. The minimum atomic E-state index is -0.734. The van der Waals surface area contributed by atoms with Gasteiger partial charge in [-0.05, 0) is 73.9 Å². The number of pyridine rings is 1. The van der Waals surface area contributed by atoms with Gasteiger partial charge < -0.3 is 9.64 Å². The summed E-state index contributed by atoms with van der Waals surface area (Å²) in [6, 6.07) is 7.04. The van der Waals surface area contributed by atoms with Crippen LogP contribution in [-0.2, 0) is 14.4 Å². The van der Waals surface area contributed by atoms with E-state index in [1.165, 1.54) is 19.4 Å². The lowest BCUT2D eigenvalue weighted by molar-refractivity contribution is -0.140. The molecule has 2 heterocycles. The Kier molecular flexibility index (Phi) is 7.58. The highest BCUT2D eigenvalue weighted by atomic mass is 16.5. The minimum Gasteiger partial charge on any atom is -0.497 e.